The Morgan fingerprint density at radius 3 is 2.68 bits per heavy atom. The molecule has 0 unspecified atom stereocenters. The average molecular weight is 329 g/mol. The minimum absolute atomic E-state index is 0.0689. The fourth-order valence-electron chi connectivity index (χ4n) is 1.56. The maximum absolute atomic E-state index is 11.9. The second-order valence-electron chi connectivity index (χ2n) is 4.69. The first kappa shape index (κ1) is 16.1. The van der Waals surface area contributed by atoms with Gasteiger partial charge >= 0.3 is 0 Å². The average Bonchev–Trinajstić information content (AvgIpc) is 2.31. The number of nitrogens with zero attached hydrogens (tertiary/aromatic N) is 1. The Balaban J connectivity index is 2.27. The predicted molar refractivity (Wildman–Crippen MR) is 80.6 cm³/mol. The van der Waals surface area contributed by atoms with Crippen LogP contribution < -0.4 is 5.32 Å². The summed E-state index contributed by atoms with van der Waals surface area (Å²) >= 11 is 3.39. The molecule has 1 aromatic rings. The highest BCUT2D eigenvalue weighted by atomic mass is 79.9. The van der Waals surface area contributed by atoms with Crippen LogP contribution in [0, 0.1) is 6.92 Å². The van der Waals surface area contributed by atoms with Crippen LogP contribution in [0.2, 0.25) is 0 Å². The summed E-state index contributed by atoms with van der Waals surface area (Å²) in [4.78, 5) is 14.0. The summed E-state index contributed by atoms with van der Waals surface area (Å²) in [6, 6.07) is 5.66. The van der Waals surface area contributed by atoms with Crippen molar-refractivity contribution in [1.82, 2.24) is 10.2 Å². The number of nitrogens with one attached hydrogen (secondary N) is 1. The third-order valence-electron chi connectivity index (χ3n) is 2.52. The van der Waals surface area contributed by atoms with Gasteiger partial charge in [0.05, 0.1) is 13.2 Å². The quantitative estimate of drug-likeness (QED) is 0.779. The number of hydrogen-bond acceptors (Lipinski definition) is 3. The summed E-state index contributed by atoms with van der Waals surface area (Å²) in [6.07, 6.45) is 0. The lowest BCUT2D eigenvalue weighted by Crippen LogP contribution is -2.28. The van der Waals surface area contributed by atoms with E-state index in [2.05, 4.69) is 26.1 Å². The van der Waals surface area contributed by atoms with Crippen molar-refractivity contribution >= 4 is 21.8 Å². The molecule has 5 heteroatoms. The van der Waals surface area contributed by atoms with E-state index < -0.39 is 0 Å². The first-order valence-electron chi connectivity index (χ1n) is 6.27. The molecule has 1 amide bonds. The smallest absolute Gasteiger partial charge is 0.251 e. The molecule has 0 aromatic heterocycles. The highest BCUT2D eigenvalue weighted by Crippen LogP contribution is 2.15. The Morgan fingerprint density at radius 1 is 1.32 bits per heavy atom. The summed E-state index contributed by atoms with van der Waals surface area (Å²) in [5, 5.41) is 2.84. The van der Waals surface area contributed by atoms with Gasteiger partial charge in [-0.25, -0.2) is 0 Å². The molecule has 106 valence electrons. The van der Waals surface area contributed by atoms with Gasteiger partial charge in [0.15, 0.2) is 0 Å². The second kappa shape index (κ2) is 8.30. The van der Waals surface area contributed by atoms with Crippen LogP contribution in [0.15, 0.2) is 22.7 Å². The van der Waals surface area contributed by atoms with Gasteiger partial charge in [-0.2, -0.15) is 0 Å². The monoisotopic (exact) mass is 328 g/mol. The lowest BCUT2D eigenvalue weighted by molar-refractivity contribution is 0.0900. The minimum Gasteiger partial charge on any atom is -0.378 e. The Morgan fingerprint density at radius 2 is 2.05 bits per heavy atom. The zero-order valence-corrected chi connectivity index (χ0v) is 13.3. The molecule has 0 aliphatic heterocycles. The van der Waals surface area contributed by atoms with Gasteiger partial charge in [-0.05, 0) is 44.8 Å². The molecule has 0 aliphatic carbocycles. The Kier molecular flexibility index (Phi) is 7.05. The normalized spacial score (nSPS) is 10.8. The van der Waals surface area contributed by atoms with Crippen LogP contribution in [-0.4, -0.2) is 51.2 Å². The Hall–Kier alpha value is -0.910. The number of halogens is 1. The number of amides is 1. The largest absolute Gasteiger partial charge is 0.378 e. The first-order valence-corrected chi connectivity index (χ1v) is 7.06. The SMILES string of the molecule is Cc1cc(Br)cc(C(=O)NCCOCCN(C)C)c1. The highest BCUT2D eigenvalue weighted by Gasteiger charge is 2.06. The highest BCUT2D eigenvalue weighted by molar-refractivity contribution is 9.10. The number of carbonyl (C=O) groups is 1. The van der Waals surface area contributed by atoms with Crippen LogP contribution in [0.4, 0.5) is 0 Å². The van der Waals surface area contributed by atoms with Gasteiger partial charge in [0.1, 0.15) is 0 Å². The zero-order valence-electron chi connectivity index (χ0n) is 11.7. The summed E-state index contributed by atoms with van der Waals surface area (Å²) in [5.41, 5.74) is 1.72. The summed E-state index contributed by atoms with van der Waals surface area (Å²) in [7, 11) is 4.00. The Bertz CT molecular complexity index is 402. The van der Waals surface area contributed by atoms with Crippen molar-refractivity contribution in [3.05, 3.63) is 33.8 Å². The van der Waals surface area contributed by atoms with E-state index in [1.807, 2.05) is 39.2 Å². The molecule has 1 aromatic carbocycles. The second-order valence-corrected chi connectivity index (χ2v) is 5.60. The molecule has 0 fully saturated rings. The maximum atomic E-state index is 11.9. The van der Waals surface area contributed by atoms with Crippen LogP contribution in [0.5, 0.6) is 0 Å². The fraction of sp³-hybridized carbons (Fsp3) is 0.500. The molecule has 0 bridgehead atoms. The van der Waals surface area contributed by atoms with Crippen molar-refractivity contribution in [2.24, 2.45) is 0 Å². The van der Waals surface area contributed by atoms with E-state index in [4.69, 9.17) is 4.74 Å². The third-order valence-corrected chi connectivity index (χ3v) is 2.98. The molecule has 0 saturated heterocycles. The molecule has 4 nitrogen and oxygen atoms in total. The van der Waals surface area contributed by atoms with Gasteiger partial charge < -0.3 is 15.0 Å². The van der Waals surface area contributed by atoms with Crippen molar-refractivity contribution in [2.45, 2.75) is 6.92 Å². The van der Waals surface area contributed by atoms with E-state index in [9.17, 15) is 4.79 Å². The van der Waals surface area contributed by atoms with E-state index in [-0.39, 0.29) is 5.91 Å². The van der Waals surface area contributed by atoms with Gasteiger partial charge in [-0.3, -0.25) is 4.79 Å². The summed E-state index contributed by atoms with van der Waals surface area (Å²) in [5.74, 6) is -0.0689. The summed E-state index contributed by atoms with van der Waals surface area (Å²) in [6.45, 7) is 4.59. The van der Waals surface area contributed by atoms with Crippen molar-refractivity contribution in [1.29, 1.82) is 0 Å². The molecule has 19 heavy (non-hydrogen) atoms. The molecule has 0 spiro atoms. The van der Waals surface area contributed by atoms with E-state index in [0.29, 0.717) is 25.3 Å². The van der Waals surface area contributed by atoms with Gasteiger partial charge in [-0.1, -0.05) is 15.9 Å². The zero-order chi connectivity index (χ0) is 14.3. The van der Waals surface area contributed by atoms with Crippen LogP contribution >= 0.6 is 15.9 Å². The molecule has 0 aliphatic rings. The van der Waals surface area contributed by atoms with Crippen LogP contribution in [0.25, 0.3) is 0 Å². The van der Waals surface area contributed by atoms with Gasteiger partial charge in [0.25, 0.3) is 5.91 Å². The van der Waals surface area contributed by atoms with E-state index in [1.54, 1.807) is 0 Å². The third kappa shape index (κ3) is 6.71. The molecule has 1 N–H and O–H groups in total. The predicted octanol–water partition coefficient (Wildman–Crippen LogP) is 2.07. The number of hydrogen-bond donors (Lipinski definition) is 1. The van der Waals surface area contributed by atoms with Crippen molar-refractivity contribution < 1.29 is 9.53 Å². The number of aryl methyl sites for hydroxylation is 1. The van der Waals surface area contributed by atoms with Crippen LogP contribution in [0.1, 0.15) is 15.9 Å². The minimum atomic E-state index is -0.0689. The lowest BCUT2D eigenvalue weighted by Gasteiger charge is -2.10. The standard InChI is InChI=1S/C14H21BrN2O2/c1-11-8-12(10-13(15)9-11)14(18)16-4-6-19-7-5-17(2)3/h8-10H,4-7H2,1-3H3,(H,16,18). The topological polar surface area (TPSA) is 41.6 Å². The molecule has 0 atom stereocenters. The fourth-order valence-corrected chi connectivity index (χ4v) is 2.16. The number of ether oxygens (including phenoxy) is 1. The number of likely N-dealkylation sites (N-methyl/N-ethyl adjacent to an activating group) is 1. The lowest BCUT2D eigenvalue weighted by atomic mass is 10.1. The van der Waals surface area contributed by atoms with Gasteiger partial charge in [0.2, 0.25) is 0 Å². The van der Waals surface area contributed by atoms with Crippen LogP contribution in [0.3, 0.4) is 0 Å². The molecule has 0 radical (unpaired) electrons. The van der Waals surface area contributed by atoms with E-state index >= 15 is 0 Å². The van der Waals surface area contributed by atoms with Crippen molar-refractivity contribution in [3.63, 3.8) is 0 Å². The van der Waals surface area contributed by atoms with E-state index in [1.165, 1.54) is 0 Å². The maximum Gasteiger partial charge on any atom is 0.251 e. The van der Waals surface area contributed by atoms with Crippen molar-refractivity contribution in [3.8, 4) is 0 Å². The Labute approximate surface area is 123 Å². The van der Waals surface area contributed by atoms with Crippen LogP contribution in [-0.2, 0) is 4.74 Å². The van der Waals surface area contributed by atoms with Gasteiger partial charge in [-0.15, -0.1) is 0 Å². The summed E-state index contributed by atoms with van der Waals surface area (Å²) < 4.78 is 6.33. The molecule has 0 saturated carbocycles. The molecular weight excluding hydrogens is 308 g/mol. The molecule has 1 rings (SSSR count). The van der Waals surface area contributed by atoms with E-state index in [0.717, 1.165) is 16.6 Å². The molecule has 0 heterocycles. The number of rotatable bonds is 7. The first-order chi connectivity index (χ1) is 8.99. The number of benzene rings is 1. The number of carbonyl (C=O) groups excluding carboxylic acids is 1. The van der Waals surface area contributed by atoms with Gasteiger partial charge in [0, 0.05) is 23.1 Å². The molecular formula is C14H21BrN2O2. The van der Waals surface area contributed by atoms with Crippen molar-refractivity contribution in [2.75, 3.05) is 40.4 Å².